The van der Waals surface area contributed by atoms with Crippen LogP contribution in [0, 0.1) is 13.8 Å². The van der Waals surface area contributed by atoms with E-state index in [1.165, 1.54) is 18.2 Å². The fourth-order valence-electron chi connectivity index (χ4n) is 2.77. The normalized spacial score (nSPS) is 11.2. The van der Waals surface area contributed by atoms with Crippen LogP contribution in [0.2, 0.25) is 5.02 Å². The number of phenolic OH excluding ortho intramolecular Hbond substituents is 1. The van der Waals surface area contributed by atoms with Gasteiger partial charge >= 0.3 is 0 Å². The average Bonchev–Trinajstić information content (AvgIpc) is 2.89. The lowest BCUT2D eigenvalue weighted by atomic mass is 10.1. The van der Waals surface area contributed by atoms with E-state index in [0.29, 0.717) is 17.1 Å². The molecule has 0 amide bonds. The van der Waals surface area contributed by atoms with Crippen molar-refractivity contribution < 1.29 is 9.90 Å². The summed E-state index contributed by atoms with van der Waals surface area (Å²) < 4.78 is 1.89. The zero-order valence-corrected chi connectivity index (χ0v) is 15.4. The van der Waals surface area contributed by atoms with Gasteiger partial charge in [0.25, 0.3) is 0 Å². The van der Waals surface area contributed by atoms with Gasteiger partial charge in [-0.1, -0.05) is 29.8 Å². The summed E-state index contributed by atoms with van der Waals surface area (Å²) in [6.07, 6.45) is 3.32. The zero-order valence-electron chi connectivity index (χ0n) is 14.6. The average molecular weight is 367 g/mol. The summed E-state index contributed by atoms with van der Waals surface area (Å²) >= 11 is 6.24. The number of carbonyl (C=O) groups excluding carboxylic acids is 1. The van der Waals surface area contributed by atoms with E-state index in [2.05, 4.69) is 5.10 Å². The summed E-state index contributed by atoms with van der Waals surface area (Å²) in [6.45, 7) is 4.47. The van der Waals surface area contributed by atoms with E-state index in [4.69, 9.17) is 11.6 Å². The van der Waals surface area contributed by atoms with Gasteiger partial charge in [-0.05, 0) is 61.9 Å². The van der Waals surface area contributed by atoms with E-state index in [-0.39, 0.29) is 11.5 Å². The number of allylic oxidation sites excluding steroid dienone is 1. The van der Waals surface area contributed by atoms with Crippen LogP contribution in [-0.2, 0) is 6.54 Å². The summed E-state index contributed by atoms with van der Waals surface area (Å²) in [4.78, 5) is 12.3. The van der Waals surface area contributed by atoms with Gasteiger partial charge in [0, 0.05) is 21.8 Å². The van der Waals surface area contributed by atoms with Crippen LogP contribution in [0.3, 0.4) is 0 Å². The molecule has 26 heavy (non-hydrogen) atoms. The highest BCUT2D eigenvalue weighted by molar-refractivity contribution is 6.31. The number of nitrogens with zero attached hydrogens (tertiary/aromatic N) is 2. The number of hydrogen-bond acceptors (Lipinski definition) is 3. The van der Waals surface area contributed by atoms with E-state index in [9.17, 15) is 9.90 Å². The quantitative estimate of drug-likeness (QED) is 0.521. The molecule has 0 saturated carbocycles. The topological polar surface area (TPSA) is 55.1 Å². The number of rotatable bonds is 5. The maximum atomic E-state index is 12.3. The Morgan fingerprint density at radius 3 is 2.54 bits per heavy atom. The number of aromatic nitrogens is 2. The van der Waals surface area contributed by atoms with Crippen LogP contribution in [-0.4, -0.2) is 20.7 Å². The molecule has 2 aromatic carbocycles. The van der Waals surface area contributed by atoms with Crippen LogP contribution in [0.5, 0.6) is 5.75 Å². The van der Waals surface area contributed by atoms with E-state index in [1.807, 2.05) is 42.8 Å². The molecule has 0 unspecified atom stereocenters. The first kappa shape index (κ1) is 18.0. The molecule has 0 spiro atoms. The Kier molecular flexibility index (Phi) is 5.24. The molecule has 1 heterocycles. The molecule has 0 aliphatic rings. The second kappa shape index (κ2) is 7.58. The molecule has 0 aliphatic carbocycles. The van der Waals surface area contributed by atoms with Crippen LogP contribution in [0.4, 0.5) is 0 Å². The molecular weight excluding hydrogens is 348 g/mol. The standard InChI is InChI=1S/C21H19ClN2O2/c1-14-19(11-12-21(26)16-7-9-18(25)10-8-16)15(2)24(23-14)13-17-5-3-4-6-20(17)22/h3-12,25H,13H2,1-2H3/b12-11+. The number of carbonyl (C=O) groups is 1. The third-order valence-corrected chi connectivity index (χ3v) is 4.64. The Balaban J connectivity index is 1.83. The zero-order chi connectivity index (χ0) is 18.7. The van der Waals surface area contributed by atoms with Crippen molar-refractivity contribution in [3.8, 4) is 5.75 Å². The lowest BCUT2D eigenvalue weighted by Crippen LogP contribution is -2.04. The third-order valence-electron chi connectivity index (χ3n) is 4.27. The Morgan fingerprint density at radius 1 is 1.15 bits per heavy atom. The van der Waals surface area contributed by atoms with E-state index in [1.54, 1.807) is 18.2 Å². The van der Waals surface area contributed by atoms with Gasteiger partial charge in [0.1, 0.15) is 5.75 Å². The summed E-state index contributed by atoms with van der Waals surface area (Å²) in [5, 5.41) is 14.6. The molecule has 1 N–H and O–H groups in total. The van der Waals surface area contributed by atoms with Gasteiger partial charge in [-0.15, -0.1) is 0 Å². The highest BCUT2D eigenvalue weighted by Crippen LogP contribution is 2.20. The highest BCUT2D eigenvalue weighted by Gasteiger charge is 2.11. The number of hydrogen-bond donors (Lipinski definition) is 1. The van der Waals surface area contributed by atoms with E-state index >= 15 is 0 Å². The van der Waals surface area contributed by atoms with Gasteiger partial charge in [-0.25, -0.2) is 0 Å². The SMILES string of the molecule is Cc1nn(Cc2ccccc2Cl)c(C)c1/C=C/C(=O)c1ccc(O)cc1. The Hall–Kier alpha value is -2.85. The molecule has 0 fully saturated rings. The monoisotopic (exact) mass is 366 g/mol. The fraction of sp³-hybridized carbons (Fsp3) is 0.143. The number of benzene rings is 2. The fourth-order valence-corrected chi connectivity index (χ4v) is 2.97. The summed E-state index contributed by atoms with van der Waals surface area (Å²) in [6, 6.07) is 13.9. The number of aromatic hydroxyl groups is 1. The Bertz CT molecular complexity index is 972. The first-order valence-electron chi connectivity index (χ1n) is 8.24. The second-order valence-electron chi connectivity index (χ2n) is 6.08. The first-order valence-corrected chi connectivity index (χ1v) is 8.62. The molecule has 0 radical (unpaired) electrons. The second-order valence-corrected chi connectivity index (χ2v) is 6.49. The molecular formula is C21H19ClN2O2. The van der Waals surface area contributed by atoms with E-state index in [0.717, 1.165) is 22.5 Å². The molecule has 0 saturated heterocycles. The Labute approximate surface area is 157 Å². The molecule has 132 valence electrons. The van der Waals surface area contributed by atoms with Crippen molar-refractivity contribution in [1.82, 2.24) is 9.78 Å². The maximum Gasteiger partial charge on any atom is 0.185 e. The Morgan fingerprint density at radius 2 is 1.85 bits per heavy atom. The van der Waals surface area contributed by atoms with Crippen LogP contribution in [0.15, 0.2) is 54.6 Å². The molecule has 3 rings (SSSR count). The molecule has 5 heteroatoms. The van der Waals surface area contributed by atoms with Gasteiger partial charge < -0.3 is 5.11 Å². The van der Waals surface area contributed by atoms with Crippen LogP contribution < -0.4 is 0 Å². The molecule has 1 aromatic heterocycles. The number of ketones is 1. The predicted octanol–water partition coefficient (Wildman–Crippen LogP) is 4.80. The van der Waals surface area contributed by atoms with Crippen molar-refractivity contribution >= 4 is 23.5 Å². The minimum Gasteiger partial charge on any atom is -0.508 e. The smallest absolute Gasteiger partial charge is 0.185 e. The predicted molar refractivity (Wildman–Crippen MR) is 104 cm³/mol. The van der Waals surface area contributed by atoms with Crippen LogP contribution in [0.25, 0.3) is 6.08 Å². The summed E-state index contributed by atoms with van der Waals surface area (Å²) in [5.74, 6) is 0.0146. The molecule has 0 aliphatic heterocycles. The van der Waals surface area contributed by atoms with Crippen molar-refractivity contribution in [2.75, 3.05) is 0 Å². The first-order chi connectivity index (χ1) is 12.5. The van der Waals surface area contributed by atoms with Crippen LogP contribution >= 0.6 is 11.6 Å². The van der Waals surface area contributed by atoms with Crippen LogP contribution in [0.1, 0.15) is 32.9 Å². The number of halogens is 1. The highest BCUT2D eigenvalue weighted by atomic mass is 35.5. The summed E-state index contributed by atoms with van der Waals surface area (Å²) in [5.41, 5.74) is 4.26. The number of phenols is 1. The van der Waals surface area contributed by atoms with Crippen molar-refractivity contribution in [2.24, 2.45) is 0 Å². The minimum absolute atomic E-state index is 0.123. The van der Waals surface area contributed by atoms with Gasteiger partial charge in [-0.2, -0.15) is 5.10 Å². The van der Waals surface area contributed by atoms with E-state index < -0.39 is 0 Å². The van der Waals surface area contributed by atoms with Gasteiger partial charge in [0.05, 0.1) is 12.2 Å². The van der Waals surface area contributed by atoms with Gasteiger partial charge in [0.2, 0.25) is 0 Å². The third kappa shape index (κ3) is 3.86. The van der Waals surface area contributed by atoms with Crippen molar-refractivity contribution in [3.05, 3.63) is 87.7 Å². The lowest BCUT2D eigenvalue weighted by molar-refractivity contribution is 0.104. The lowest BCUT2D eigenvalue weighted by Gasteiger charge is -2.06. The van der Waals surface area contributed by atoms with Gasteiger partial charge in [-0.3, -0.25) is 9.48 Å². The minimum atomic E-state index is -0.123. The summed E-state index contributed by atoms with van der Waals surface area (Å²) in [7, 11) is 0. The van der Waals surface area contributed by atoms with Crippen molar-refractivity contribution in [1.29, 1.82) is 0 Å². The molecule has 3 aromatic rings. The maximum absolute atomic E-state index is 12.3. The van der Waals surface area contributed by atoms with Crippen molar-refractivity contribution in [2.45, 2.75) is 20.4 Å². The van der Waals surface area contributed by atoms with Gasteiger partial charge in [0.15, 0.2) is 5.78 Å². The molecule has 4 nitrogen and oxygen atoms in total. The molecule has 0 bridgehead atoms. The largest absolute Gasteiger partial charge is 0.508 e. The molecule has 0 atom stereocenters. The number of aryl methyl sites for hydroxylation is 1. The van der Waals surface area contributed by atoms with Crippen molar-refractivity contribution in [3.63, 3.8) is 0 Å².